The number of benzene rings is 1. The Bertz CT molecular complexity index is 643. The number of para-hydroxylation sites is 1. The zero-order chi connectivity index (χ0) is 11.0. The maximum absolute atomic E-state index is 9.41. The molecular formula is C13H10N2O. The molecule has 1 aromatic carbocycles. The Morgan fingerprint density at radius 3 is 2.81 bits per heavy atom. The van der Waals surface area contributed by atoms with Gasteiger partial charge < -0.3 is 9.67 Å². The molecule has 16 heavy (non-hydrogen) atoms. The zero-order valence-electron chi connectivity index (χ0n) is 8.54. The van der Waals surface area contributed by atoms with Crippen molar-refractivity contribution in [1.29, 1.82) is 0 Å². The molecule has 0 bridgehead atoms. The minimum atomic E-state index is 0.176. The van der Waals surface area contributed by atoms with Crippen LogP contribution in [0.25, 0.3) is 16.6 Å². The quantitative estimate of drug-likeness (QED) is 0.670. The maximum atomic E-state index is 9.41. The van der Waals surface area contributed by atoms with Crippen molar-refractivity contribution >= 4 is 10.9 Å². The normalized spacial score (nSPS) is 10.8. The van der Waals surface area contributed by atoms with Crippen molar-refractivity contribution in [2.24, 2.45) is 0 Å². The smallest absolute Gasteiger partial charge is 0.135 e. The molecule has 0 radical (unpaired) electrons. The van der Waals surface area contributed by atoms with Crippen LogP contribution in [0.5, 0.6) is 5.75 Å². The van der Waals surface area contributed by atoms with Crippen molar-refractivity contribution in [2.75, 3.05) is 0 Å². The number of rotatable bonds is 1. The predicted octanol–water partition coefficient (Wildman–Crippen LogP) is 2.73. The highest BCUT2D eigenvalue weighted by Crippen LogP contribution is 2.21. The molecule has 0 spiro atoms. The van der Waals surface area contributed by atoms with Gasteiger partial charge in [-0.3, -0.25) is 4.98 Å². The van der Waals surface area contributed by atoms with E-state index in [9.17, 15) is 5.11 Å². The summed E-state index contributed by atoms with van der Waals surface area (Å²) in [4.78, 5) is 3.98. The Morgan fingerprint density at radius 1 is 1.06 bits per heavy atom. The van der Waals surface area contributed by atoms with Gasteiger partial charge in [-0.1, -0.05) is 18.2 Å². The van der Waals surface area contributed by atoms with E-state index in [2.05, 4.69) is 11.1 Å². The Hall–Kier alpha value is -2.29. The zero-order valence-corrected chi connectivity index (χ0v) is 8.54. The summed E-state index contributed by atoms with van der Waals surface area (Å²) in [7, 11) is 0. The molecule has 2 aromatic heterocycles. The largest absolute Gasteiger partial charge is 0.506 e. The van der Waals surface area contributed by atoms with Crippen molar-refractivity contribution < 1.29 is 5.11 Å². The van der Waals surface area contributed by atoms with E-state index in [0.29, 0.717) is 0 Å². The van der Waals surface area contributed by atoms with Gasteiger partial charge in [0.2, 0.25) is 0 Å². The third-order valence-electron chi connectivity index (χ3n) is 2.59. The molecule has 0 fully saturated rings. The standard InChI is InChI=1S/C13H10N2O/c16-12-7-11(8-14-9-12)15-6-5-10-3-1-2-4-13(10)15/h1-9,16H. The molecule has 2 heterocycles. The second-order valence-corrected chi connectivity index (χ2v) is 3.65. The van der Waals surface area contributed by atoms with Crippen LogP contribution in [-0.2, 0) is 0 Å². The fraction of sp³-hybridized carbons (Fsp3) is 0. The average Bonchev–Trinajstić information content (AvgIpc) is 2.72. The van der Waals surface area contributed by atoms with Gasteiger partial charge in [0, 0.05) is 12.3 Å². The van der Waals surface area contributed by atoms with Crippen LogP contribution < -0.4 is 0 Å². The van der Waals surface area contributed by atoms with Gasteiger partial charge in [0.05, 0.1) is 23.6 Å². The minimum absolute atomic E-state index is 0.176. The van der Waals surface area contributed by atoms with Crippen molar-refractivity contribution in [2.45, 2.75) is 0 Å². The first-order chi connectivity index (χ1) is 7.84. The minimum Gasteiger partial charge on any atom is -0.506 e. The van der Waals surface area contributed by atoms with E-state index in [1.54, 1.807) is 12.3 Å². The maximum Gasteiger partial charge on any atom is 0.135 e. The molecule has 3 nitrogen and oxygen atoms in total. The van der Waals surface area contributed by atoms with E-state index in [1.807, 2.05) is 35.0 Å². The first-order valence-electron chi connectivity index (χ1n) is 5.05. The van der Waals surface area contributed by atoms with Gasteiger partial charge in [-0.2, -0.15) is 0 Å². The monoisotopic (exact) mass is 210 g/mol. The highest BCUT2D eigenvalue weighted by molar-refractivity contribution is 5.81. The molecule has 0 aliphatic carbocycles. The second kappa shape index (κ2) is 3.38. The van der Waals surface area contributed by atoms with Crippen LogP contribution in [0, 0.1) is 0 Å². The molecule has 3 aromatic rings. The Kier molecular flexibility index (Phi) is 1.90. The predicted molar refractivity (Wildman–Crippen MR) is 62.7 cm³/mol. The number of aromatic hydroxyl groups is 1. The molecule has 0 unspecified atom stereocenters. The summed E-state index contributed by atoms with van der Waals surface area (Å²) < 4.78 is 2.00. The third-order valence-corrected chi connectivity index (χ3v) is 2.59. The van der Waals surface area contributed by atoms with Crippen LogP contribution in [0.15, 0.2) is 55.0 Å². The second-order valence-electron chi connectivity index (χ2n) is 3.65. The average molecular weight is 210 g/mol. The van der Waals surface area contributed by atoms with E-state index in [4.69, 9.17) is 0 Å². The molecular weight excluding hydrogens is 200 g/mol. The van der Waals surface area contributed by atoms with Crippen LogP contribution in [0.3, 0.4) is 0 Å². The summed E-state index contributed by atoms with van der Waals surface area (Å²) in [6.45, 7) is 0. The number of hydrogen-bond acceptors (Lipinski definition) is 2. The van der Waals surface area contributed by atoms with Crippen molar-refractivity contribution in [3.8, 4) is 11.4 Å². The number of aromatic nitrogens is 2. The topological polar surface area (TPSA) is 38.1 Å². The molecule has 0 saturated carbocycles. The Balaban J connectivity index is 2.26. The van der Waals surface area contributed by atoms with Crippen molar-refractivity contribution in [3.63, 3.8) is 0 Å². The van der Waals surface area contributed by atoms with Gasteiger partial charge >= 0.3 is 0 Å². The Labute approximate surface area is 92.6 Å². The van der Waals surface area contributed by atoms with Gasteiger partial charge in [0.25, 0.3) is 0 Å². The van der Waals surface area contributed by atoms with E-state index < -0.39 is 0 Å². The fourth-order valence-electron chi connectivity index (χ4n) is 1.86. The fourth-order valence-corrected chi connectivity index (χ4v) is 1.86. The first-order valence-corrected chi connectivity index (χ1v) is 5.05. The van der Waals surface area contributed by atoms with Crippen LogP contribution in [-0.4, -0.2) is 14.7 Å². The molecule has 78 valence electrons. The number of hydrogen-bond donors (Lipinski definition) is 1. The highest BCUT2D eigenvalue weighted by Gasteiger charge is 2.02. The number of fused-ring (bicyclic) bond motifs is 1. The summed E-state index contributed by atoms with van der Waals surface area (Å²) in [6.07, 6.45) is 5.13. The summed E-state index contributed by atoms with van der Waals surface area (Å²) in [5, 5.41) is 10.6. The van der Waals surface area contributed by atoms with E-state index >= 15 is 0 Å². The van der Waals surface area contributed by atoms with Crippen molar-refractivity contribution in [3.05, 3.63) is 55.0 Å². The molecule has 3 heteroatoms. The molecule has 3 rings (SSSR count). The lowest BCUT2D eigenvalue weighted by Gasteiger charge is -2.04. The molecule has 0 saturated heterocycles. The number of pyridine rings is 1. The summed E-state index contributed by atoms with van der Waals surface area (Å²) in [5.41, 5.74) is 1.97. The molecule has 1 N–H and O–H groups in total. The Morgan fingerprint density at radius 2 is 1.94 bits per heavy atom. The summed E-state index contributed by atoms with van der Waals surface area (Å²) >= 11 is 0. The molecule has 0 aliphatic rings. The summed E-state index contributed by atoms with van der Waals surface area (Å²) in [6, 6.07) is 11.8. The third kappa shape index (κ3) is 1.34. The van der Waals surface area contributed by atoms with Crippen LogP contribution in [0.4, 0.5) is 0 Å². The van der Waals surface area contributed by atoms with E-state index in [1.165, 1.54) is 11.6 Å². The SMILES string of the molecule is Oc1cncc(-n2ccc3ccccc32)c1. The van der Waals surface area contributed by atoms with E-state index in [0.717, 1.165) is 11.2 Å². The van der Waals surface area contributed by atoms with Gasteiger partial charge in [-0.25, -0.2) is 0 Å². The van der Waals surface area contributed by atoms with Gasteiger partial charge in [-0.05, 0) is 17.5 Å². The van der Waals surface area contributed by atoms with Gasteiger partial charge in [-0.15, -0.1) is 0 Å². The van der Waals surface area contributed by atoms with Gasteiger partial charge in [0.1, 0.15) is 5.75 Å². The summed E-state index contributed by atoms with van der Waals surface area (Å²) in [5.74, 6) is 0.176. The van der Waals surface area contributed by atoms with Gasteiger partial charge in [0.15, 0.2) is 0 Å². The van der Waals surface area contributed by atoms with Crippen LogP contribution in [0.1, 0.15) is 0 Å². The molecule has 0 aliphatic heterocycles. The van der Waals surface area contributed by atoms with Crippen LogP contribution >= 0.6 is 0 Å². The highest BCUT2D eigenvalue weighted by atomic mass is 16.3. The molecule has 0 atom stereocenters. The number of nitrogens with zero attached hydrogens (tertiary/aromatic N) is 2. The lowest BCUT2D eigenvalue weighted by Crippen LogP contribution is -1.91. The van der Waals surface area contributed by atoms with Crippen LogP contribution in [0.2, 0.25) is 0 Å². The van der Waals surface area contributed by atoms with E-state index in [-0.39, 0.29) is 5.75 Å². The lowest BCUT2D eigenvalue weighted by atomic mass is 10.2. The lowest BCUT2D eigenvalue weighted by molar-refractivity contribution is 0.472. The molecule has 0 amide bonds. The van der Waals surface area contributed by atoms with Crippen molar-refractivity contribution in [1.82, 2.24) is 9.55 Å². The first kappa shape index (κ1) is 8.97.